The van der Waals surface area contributed by atoms with Gasteiger partial charge < -0.3 is 4.57 Å². The van der Waals surface area contributed by atoms with Crippen LogP contribution in [0.4, 0.5) is 8.78 Å². The molecule has 0 saturated heterocycles. The van der Waals surface area contributed by atoms with E-state index < -0.39 is 12.8 Å². The molecule has 0 aliphatic carbocycles. The number of rotatable bonds is 3. The lowest BCUT2D eigenvalue weighted by Gasteiger charge is -2.21. The molecule has 0 radical (unpaired) electrons. The smallest absolute Gasteiger partial charge is 0.317 e. The molecule has 0 bridgehead atoms. The van der Waals surface area contributed by atoms with Crippen molar-refractivity contribution in [1.29, 1.82) is 0 Å². The van der Waals surface area contributed by atoms with E-state index in [1.807, 2.05) is 0 Å². The lowest BCUT2D eigenvalue weighted by atomic mass is 10.1. The van der Waals surface area contributed by atoms with Crippen molar-refractivity contribution in [1.82, 2.24) is 0 Å². The molecule has 0 spiro atoms. The predicted molar refractivity (Wildman–Crippen MR) is 62.5 cm³/mol. The molecule has 0 heterocycles. The van der Waals surface area contributed by atoms with Crippen LogP contribution >= 0.6 is 19.8 Å². The molecule has 0 amide bonds. The third-order valence-electron chi connectivity index (χ3n) is 2.16. The third-order valence-corrected chi connectivity index (χ3v) is 4.14. The number of benzene rings is 1. The van der Waals surface area contributed by atoms with Crippen molar-refractivity contribution in [3.05, 3.63) is 35.4 Å². The van der Waals surface area contributed by atoms with Crippen molar-refractivity contribution in [2.24, 2.45) is 0 Å². The minimum Gasteiger partial charge on any atom is -0.317 e. The normalized spacial score (nSPS) is 12.9. The summed E-state index contributed by atoms with van der Waals surface area (Å²) in [5, 5.41) is 0. The van der Waals surface area contributed by atoms with Gasteiger partial charge in [0.15, 0.2) is 7.14 Å². The fourth-order valence-electron chi connectivity index (χ4n) is 1.12. The summed E-state index contributed by atoms with van der Waals surface area (Å²) in [6, 6.07) is 5.77. The zero-order valence-corrected chi connectivity index (χ0v) is 10.4. The van der Waals surface area contributed by atoms with E-state index in [0.29, 0.717) is 5.75 Å². The molecule has 0 N–H and O–H groups in total. The van der Waals surface area contributed by atoms with Gasteiger partial charge in [-0.3, -0.25) is 0 Å². The van der Waals surface area contributed by atoms with Crippen LogP contribution in [0.1, 0.15) is 11.1 Å². The van der Waals surface area contributed by atoms with E-state index in [2.05, 4.69) is 12.6 Å². The highest BCUT2D eigenvalue weighted by Crippen LogP contribution is 2.59. The molecule has 1 aromatic rings. The largest absolute Gasteiger partial charge is 0.322 e. The Kier molecular flexibility index (Phi) is 3.62. The molecule has 0 aromatic heterocycles. The van der Waals surface area contributed by atoms with Crippen molar-refractivity contribution in [2.75, 3.05) is 13.3 Å². The van der Waals surface area contributed by atoms with Crippen molar-refractivity contribution < 1.29 is 13.3 Å². The van der Waals surface area contributed by atoms with Gasteiger partial charge in [-0.2, -0.15) is 21.4 Å². The van der Waals surface area contributed by atoms with Gasteiger partial charge in [-0.05, 0) is 18.9 Å². The van der Waals surface area contributed by atoms with E-state index in [0.717, 1.165) is 18.9 Å². The van der Waals surface area contributed by atoms with E-state index >= 15 is 0 Å². The third kappa shape index (κ3) is 2.61. The second kappa shape index (κ2) is 4.26. The zero-order valence-electron chi connectivity index (χ0n) is 8.58. The molecular weight excluding hydrogens is 237 g/mol. The van der Waals surface area contributed by atoms with Crippen LogP contribution in [0, 0.1) is 0 Å². The zero-order chi connectivity index (χ0) is 11.7. The molecular formula is C10H13F2OPS. The maximum Gasteiger partial charge on any atom is 0.322 e. The van der Waals surface area contributed by atoms with Gasteiger partial charge in [-0.1, -0.05) is 24.3 Å². The monoisotopic (exact) mass is 250 g/mol. The Labute approximate surface area is 93.7 Å². The quantitative estimate of drug-likeness (QED) is 0.638. The summed E-state index contributed by atoms with van der Waals surface area (Å²) in [4.78, 5) is 0. The summed E-state index contributed by atoms with van der Waals surface area (Å²) in [5.41, 5.74) is -2.58. The minimum atomic E-state index is -3.47. The van der Waals surface area contributed by atoms with Gasteiger partial charge in [-0.15, -0.1) is 0 Å². The highest BCUT2D eigenvalue weighted by atomic mass is 32.1. The fraction of sp³-hybridized carbons (Fsp3) is 0.400. The number of alkyl halides is 2. The molecule has 0 saturated carbocycles. The van der Waals surface area contributed by atoms with Crippen LogP contribution in [0.15, 0.2) is 24.3 Å². The van der Waals surface area contributed by atoms with Gasteiger partial charge in [0.1, 0.15) is 0 Å². The number of thiol groups is 1. The summed E-state index contributed by atoms with van der Waals surface area (Å²) in [5.74, 6) is 0.502. The Balaban J connectivity index is 3.11. The Bertz CT molecular complexity index is 383. The molecule has 0 atom stereocenters. The van der Waals surface area contributed by atoms with Crippen LogP contribution in [0.3, 0.4) is 0 Å². The Morgan fingerprint density at radius 2 is 1.73 bits per heavy atom. The molecule has 84 valence electrons. The average Bonchev–Trinajstić information content (AvgIpc) is 2.16. The maximum absolute atomic E-state index is 13.6. The Hall–Kier alpha value is -0.340. The average molecular weight is 250 g/mol. The number of halogens is 2. The lowest BCUT2D eigenvalue weighted by Crippen LogP contribution is -2.12. The molecule has 5 heteroatoms. The predicted octanol–water partition coefficient (Wildman–Crippen LogP) is 3.79. The van der Waals surface area contributed by atoms with Gasteiger partial charge in [0.2, 0.25) is 0 Å². The van der Waals surface area contributed by atoms with Crippen LogP contribution in [-0.2, 0) is 16.0 Å². The summed E-state index contributed by atoms with van der Waals surface area (Å²) < 4.78 is 38.7. The molecule has 0 unspecified atom stereocenters. The van der Waals surface area contributed by atoms with Crippen LogP contribution in [0.2, 0.25) is 0 Å². The van der Waals surface area contributed by atoms with Gasteiger partial charge in [0, 0.05) is 11.3 Å². The van der Waals surface area contributed by atoms with E-state index in [4.69, 9.17) is 0 Å². The molecule has 0 aliphatic heterocycles. The number of hydrogen-bond acceptors (Lipinski definition) is 2. The first-order valence-electron chi connectivity index (χ1n) is 4.42. The first kappa shape index (κ1) is 12.7. The summed E-state index contributed by atoms with van der Waals surface area (Å²) in [6.07, 6.45) is 0. The van der Waals surface area contributed by atoms with Crippen molar-refractivity contribution >= 4 is 19.8 Å². The summed E-state index contributed by atoms with van der Waals surface area (Å²) in [6.45, 7) is 2.19. The Morgan fingerprint density at radius 3 is 2.07 bits per heavy atom. The standard InChI is InChI=1S/C10H13F2OPS/c1-14(2,13)10(11,12)9-5-3-8(7-15)4-6-9/h3-6,15H,7H2,1-2H3. The second-order valence-corrected chi connectivity index (χ2v) is 7.33. The van der Waals surface area contributed by atoms with Crippen LogP contribution in [0.25, 0.3) is 0 Å². The van der Waals surface area contributed by atoms with Crippen LogP contribution < -0.4 is 0 Å². The lowest BCUT2D eigenvalue weighted by molar-refractivity contribution is 0.0893. The van der Waals surface area contributed by atoms with E-state index in [1.54, 1.807) is 12.1 Å². The fourth-order valence-corrected chi connectivity index (χ4v) is 2.10. The van der Waals surface area contributed by atoms with Gasteiger partial charge in [-0.25, -0.2) is 0 Å². The molecule has 1 rings (SSSR count). The molecule has 0 aliphatic rings. The molecule has 15 heavy (non-hydrogen) atoms. The second-order valence-electron chi connectivity index (χ2n) is 3.75. The first-order chi connectivity index (χ1) is 6.79. The molecule has 1 aromatic carbocycles. The topological polar surface area (TPSA) is 17.1 Å². The van der Waals surface area contributed by atoms with Crippen LogP contribution in [0.5, 0.6) is 0 Å². The van der Waals surface area contributed by atoms with Gasteiger partial charge in [0.25, 0.3) is 0 Å². The minimum absolute atomic E-state index is 0.193. The van der Waals surface area contributed by atoms with Crippen LogP contribution in [-0.4, -0.2) is 13.3 Å². The Morgan fingerprint density at radius 1 is 1.27 bits per heavy atom. The highest BCUT2D eigenvalue weighted by Gasteiger charge is 2.44. The molecule has 1 nitrogen and oxygen atoms in total. The highest BCUT2D eigenvalue weighted by molar-refractivity contribution is 7.79. The van der Waals surface area contributed by atoms with Gasteiger partial charge in [0.05, 0.1) is 0 Å². The van der Waals surface area contributed by atoms with Crippen molar-refractivity contribution in [3.8, 4) is 0 Å². The maximum atomic E-state index is 13.6. The number of hydrogen-bond donors (Lipinski definition) is 1. The first-order valence-corrected chi connectivity index (χ1v) is 7.65. The van der Waals surface area contributed by atoms with Crippen molar-refractivity contribution in [2.45, 2.75) is 11.4 Å². The van der Waals surface area contributed by atoms with E-state index in [1.165, 1.54) is 12.1 Å². The van der Waals surface area contributed by atoms with E-state index in [-0.39, 0.29) is 5.56 Å². The summed E-state index contributed by atoms with van der Waals surface area (Å²) >= 11 is 4.03. The van der Waals surface area contributed by atoms with Crippen molar-refractivity contribution in [3.63, 3.8) is 0 Å². The van der Waals surface area contributed by atoms with Gasteiger partial charge >= 0.3 is 5.66 Å². The van der Waals surface area contributed by atoms with E-state index in [9.17, 15) is 13.3 Å². The SMILES string of the molecule is CP(C)(=O)C(F)(F)c1ccc(CS)cc1. The summed E-state index contributed by atoms with van der Waals surface area (Å²) in [7, 11) is -3.47. The molecule has 0 fully saturated rings.